The van der Waals surface area contributed by atoms with Gasteiger partial charge in [-0.1, -0.05) is 42.0 Å². The van der Waals surface area contributed by atoms with E-state index in [0.717, 1.165) is 11.4 Å². The number of aryl methyl sites for hydroxylation is 1. The first kappa shape index (κ1) is 14.9. The molecule has 0 radical (unpaired) electrons. The van der Waals surface area contributed by atoms with Crippen LogP contribution in [-0.4, -0.2) is 5.91 Å². The summed E-state index contributed by atoms with van der Waals surface area (Å²) in [6, 6.07) is 24.3. The van der Waals surface area contributed by atoms with Gasteiger partial charge >= 0.3 is 0 Å². The Hall–Kier alpha value is -3.07. The van der Waals surface area contributed by atoms with Crippen molar-refractivity contribution in [2.45, 2.75) is 6.92 Å². The Morgan fingerprint density at radius 1 is 0.826 bits per heavy atom. The van der Waals surface area contributed by atoms with Gasteiger partial charge in [0.2, 0.25) is 0 Å². The van der Waals surface area contributed by atoms with E-state index in [2.05, 4.69) is 5.32 Å². The number of para-hydroxylation sites is 1. The van der Waals surface area contributed by atoms with Gasteiger partial charge in [0.05, 0.1) is 0 Å². The largest absolute Gasteiger partial charge is 0.457 e. The predicted molar refractivity (Wildman–Crippen MR) is 92.1 cm³/mol. The lowest BCUT2D eigenvalue weighted by Gasteiger charge is -2.09. The number of anilines is 1. The minimum atomic E-state index is -0.162. The second kappa shape index (κ2) is 6.79. The summed E-state index contributed by atoms with van der Waals surface area (Å²) in [5.41, 5.74) is 2.49. The highest BCUT2D eigenvalue weighted by Crippen LogP contribution is 2.23. The van der Waals surface area contributed by atoms with Crippen LogP contribution in [0.5, 0.6) is 11.5 Å². The molecule has 23 heavy (non-hydrogen) atoms. The lowest BCUT2D eigenvalue weighted by molar-refractivity contribution is 0.102. The van der Waals surface area contributed by atoms with Crippen LogP contribution >= 0.6 is 0 Å². The molecule has 0 fully saturated rings. The van der Waals surface area contributed by atoms with E-state index in [0.29, 0.717) is 11.3 Å². The number of benzene rings is 3. The third-order valence-corrected chi connectivity index (χ3v) is 3.38. The molecule has 0 aliphatic carbocycles. The van der Waals surface area contributed by atoms with E-state index in [4.69, 9.17) is 4.74 Å². The molecular weight excluding hydrogens is 286 g/mol. The summed E-state index contributed by atoms with van der Waals surface area (Å²) in [5.74, 6) is 1.22. The fourth-order valence-corrected chi connectivity index (χ4v) is 2.17. The quantitative estimate of drug-likeness (QED) is 0.733. The van der Waals surface area contributed by atoms with E-state index >= 15 is 0 Å². The van der Waals surface area contributed by atoms with E-state index < -0.39 is 0 Å². The Balaban J connectivity index is 1.74. The molecule has 0 saturated carbocycles. The minimum absolute atomic E-state index is 0.162. The van der Waals surface area contributed by atoms with Crippen LogP contribution in [0.15, 0.2) is 78.9 Å². The molecule has 3 aromatic rings. The molecule has 0 bridgehead atoms. The number of carbonyl (C=O) groups excluding carboxylic acids is 1. The third kappa shape index (κ3) is 3.98. The van der Waals surface area contributed by atoms with Crippen molar-refractivity contribution in [3.05, 3.63) is 90.0 Å². The van der Waals surface area contributed by atoms with Crippen molar-refractivity contribution in [2.24, 2.45) is 0 Å². The molecular formula is C20H17NO2. The molecule has 0 aliphatic rings. The van der Waals surface area contributed by atoms with E-state index in [1.807, 2.05) is 73.7 Å². The van der Waals surface area contributed by atoms with Crippen LogP contribution in [-0.2, 0) is 0 Å². The molecule has 3 heteroatoms. The number of rotatable bonds is 4. The summed E-state index contributed by atoms with van der Waals surface area (Å²) in [6.45, 7) is 2.03. The molecule has 0 spiro atoms. The highest BCUT2D eigenvalue weighted by Gasteiger charge is 2.07. The Bertz CT molecular complexity index is 795. The Kier molecular flexibility index (Phi) is 4.39. The summed E-state index contributed by atoms with van der Waals surface area (Å²) in [7, 11) is 0. The van der Waals surface area contributed by atoms with E-state index in [1.54, 1.807) is 12.1 Å². The van der Waals surface area contributed by atoms with Gasteiger partial charge in [-0.15, -0.1) is 0 Å². The Morgan fingerprint density at radius 2 is 1.57 bits per heavy atom. The number of ether oxygens (including phenoxy) is 1. The SMILES string of the molecule is Cc1ccc(Oc2cccc(C(=O)Nc3ccccc3)c2)cc1. The molecule has 1 amide bonds. The maximum absolute atomic E-state index is 12.3. The van der Waals surface area contributed by atoms with Gasteiger partial charge in [0.1, 0.15) is 11.5 Å². The standard InChI is InChI=1S/C20H17NO2/c1-15-10-12-18(13-11-15)23-19-9-5-6-16(14-19)20(22)21-17-7-3-2-4-8-17/h2-14H,1H3,(H,21,22). The first-order chi connectivity index (χ1) is 11.2. The molecule has 1 N–H and O–H groups in total. The molecule has 3 rings (SSSR count). The summed E-state index contributed by atoms with van der Waals surface area (Å²) in [5, 5.41) is 2.86. The maximum atomic E-state index is 12.3. The van der Waals surface area contributed by atoms with Gasteiger partial charge in [0, 0.05) is 11.3 Å². The first-order valence-electron chi connectivity index (χ1n) is 7.42. The Morgan fingerprint density at radius 3 is 2.30 bits per heavy atom. The molecule has 3 nitrogen and oxygen atoms in total. The van der Waals surface area contributed by atoms with Crippen LogP contribution in [0.1, 0.15) is 15.9 Å². The lowest BCUT2D eigenvalue weighted by Crippen LogP contribution is -2.11. The summed E-state index contributed by atoms with van der Waals surface area (Å²) in [4.78, 5) is 12.3. The lowest BCUT2D eigenvalue weighted by atomic mass is 10.2. The predicted octanol–water partition coefficient (Wildman–Crippen LogP) is 5.04. The van der Waals surface area contributed by atoms with Crippen LogP contribution in [0, 0.1) is 6.92 Å². The molecule has 114 valence electrons. The van der Waals surface area contributed by atoms with E-state index in [9.17, 15) is 4.79 Å². The highest BCUT2D eigenvalue weighted by atomic mass is 16.5. The molecule has 3 aromatic carbocycles. The molecule has 0 saturated heterocycles. The van der Waals surface area contributed by atoms with Crippen LogP contribution < -0.4 is 10.1 Å². The molecule has 0 atom stereocenters. The summed E-state index contributed by atoms with van der Waals surface area (Å²) >= 11 is 0. The van der Waals surface area contributed by atoms with Crippen LogP contribution in [0.2, 0.25) is 0 Å². The van der Waals surface area contributed by atoms with Gasteiger partial charge in [-0.2, -0.15) is 0 Å². The van der Waals surface area contributed by atoms with Crippen molar-refractivity contribution in [3.8, 4) is 11.5 Å². The second-order valence-corrected chi connectivity index (χ2v) is 5.26. The van der Waals surface area contributed by atoms with Crippen LogP contribution in [0.4, 0.5) is 5.69 Å². The zero-order valence-corrected chi connectivity index (χ0v) is 12.8. The number of nitrogens with one attached hydrogen (secondary N) is 1. The third-order valence-electron chi connectivity index (χ3n) is 3.38. The fourth-order valence-electron chi connectivity index (χ4n) is 2.17. The summed E-state index contributed by atoms with van der Waals surface area (Å²) < 4.78 is 5.79. The normalized spacial score (nSPS) is 10.1. The van der Waals surface area contributed by atoms with Crippen molar-refractivity contribution < 1.29 is 9.53 Å². The average Bonchev–Trinajstić information content (AvgIpc) is 2.58. The maximum Gasteiger partial charge on any atom is 0.255 e. The number of hydrogen-bond acceptors (Lipinski definition) is 2. The van der Waals surface area contributed by atoms with E-state index in [-0.39, 0.29) is 5.91 Å². The van der Waals surface area contributed by atoms with Crippen molar-refractivity contribution >= 4 is 11.6 Å². The molecule has 0 heterocycles. The topological polar surface area (TPSA) is 38.3 Å². The average molecular weight is 303 g/mol. The van der Waals surface area contributed by atoms with Gasteiger partial charge < -0.3 is 10.1 Å². The fraction of sp³-hybridized carbons (Fsp3) is 0.0500. The minimum Gasteiger partial charge on any atom is -0.457 e. The van der Waals surface area contributed by atoms with Crippen LogP contribution in [0.3, 0.4) is 0 Å². The monoisotopic (exact) mass is 303 g/mol. The van der Waals surface area contributed by atoms with Crippen molar-refractivity contribution in [3.63, 3.8) is 0 Å². The summed E-state index contributed by atoms with van der Waals surface area (Å²) in [6.07, 6.45) is 0. The van der Waals surface area contributed by atoms with Gasteiger partial charge in [-0.25, -0.2) is 0 Å². The zero-order valence-electron chi connectivity index (χ0n) is 12.8. The zero-order chi connectivity index (χ0) is 16.1. The number of amides is 1. The van der Waals surface area contributed by atoms with E-state index in [1.165, 1.54) is 5.56 Å². The number of carbonyl (C=O) groups is 1. The highest BCUT2D eigenvalue weighted by molar-refractivity contribution is 6.04. The number of hydrogen-bond donors (Lipinski definition) is 1. The van der Waals surface area contributed by atoms with Gasteiger partial charge in [-0.05, 0) is 49.4 Å². The smallest absolute Gasteiger partial charge is 0.255 e. The first-order valence-corrected chi connectivity index (χ1v) is 7.42. The molecule has 0 unspecified atom stereocenters. The van der Waals surface area contributed by atoms with Gasteiger partial charge in [0.15, 0.2) is 0 Å². The van der Waals surface area contributed by atoms with Crippen molar-refractivity contribution in [1.29, 1.82) is 0 Å². The van der Waals surface area contributed by atoms with Crippen molar-refractivity contribution in [1.82, 2.24) is 0 Å². The van der Waals surface area contributed by atoms with Gasteiger partial charge in [-0.3, -0.25) is 4.79 Å². The Labute approximate surface area is 135 Å². The van der Waals surface area contributed by atoms with Crippen molar-refractivity contribution in [2.75, 3.05) is 5.32 Å². The molecule has 0 aromatic heterocycles. The second-order valence-electron chi connectivity index (χ2n) is 5.26. The molecule has 0 aliphatic heterocycles. The van der Waals surface area contributed by atoms with Crippen LogP contribution in [0.25, 0.3) is 0 Å². The van der Waals surface area contributed by atoms with Gasteiger partial charge in [0.25, 0.3) is 5.91 Å².